The van der Waals surface area contributed by atoms with Gasteiger partial charge >= 0.3 is 0 Å². The van der Waals surface area contributed by atoms with Crippen LogP contribution in [0.2, 0.25) is 0 Å². The lowest BCUT2D eigenvalue weighted by Crippen LogP contribution is -2.17. The quantitative estimate of drug-likeness (QED) is 0.259. The minimum Gasteiger partial charge on any atom is -0.207 e. The number of benzene rings is 1. The highest BCUT2D eigenvalue weighted by Gasteiger charge is 2.24. The monoisotopic (exact) mass is 456 g/mol. The van der Waals surface area contributed by atoms with Crippen LogP contribution in [0.5, 0.6) is 0 Å². The second-order valence-corrected chi connectivity index (χ2v) is 10.6. The average molecular weight is 457 g/mol. The molecular formula is C31H46F2. The zero-order valence-electron chi connectivity index (χ0n) is 21.2. The summed E-state index contributed by atoms with van der Waals surface area (Å²) in [5, 5.41) is 0. The molecule has 0 atom stereocenters. The summed E-state index contributed by atoms with van der Waals surface area (Å²) in [6.07, 6.45) is 24.4. The van der Waals surface area contributed by atoms with Gasteiger partial charge in [-0.15, -0.1) is 0 Å². The smallest absolute Gasteiger partial charge is 0.129 e. The molecule has 0 unspecified atom stereocenters. The molecule has 0 bridgehead atoms. The summed E-state index contributed by atoms with van der Waals surface area (Å²) in [5.41, 5.74) is 3.64. The molecule has 184 valence electrons. The molecule has 0 aliphatic heterocycles. The maximum absolute atomic E-state index is 14.8. The summed E-state index contributed by atoms with van der Waals surface area (Å²) in [5.74, 6) is 0.922. The molecule has 0 nitrogen and oxygen atoms in total. The average Bonchev–Trinajstić information content (AvgIpc) is 2.83. The molecule has 3 rings (SSSR count). The standard InChI is InChI=1S/C31H46F2/c1-3-5-6-7-8-9-10-11-13-29-30(32)22-28(23-31(29)33)27-20-18-26(19-21-27)25-16-14-24(12-4-2)15-17-25/h18,20,22-25H,3-17,19,21H2,1-2H3. The van der Waals surface area contributed by atoms with E-state index in [0.717, 1.165) is 48.7 Å². The van der Waals surface area contributed by atoms with Gasteiger partial charge in [0.05, 0.1) is 0 Å². The molecule has 1 aromatic carbocycles. The van der Waals surface area contributed by atoms with Crippen molar-refractivity contribution in [3.63, 3.8) is 0 Å². The third kappa shape index (κ3) is 8.08. The van der Waals surface area contributed by atoms with Gasteiger partial charge in [0, 0.05) is 5.56 Å². The highest BCUT2D eigenvalue weighted by molar-refractivity contribution is 5.69. The van der Waals surface area contributed by atoms with E-state index in [1.165, 1.54) is 77.0 Å². The molecule has 0 N–H and O–H groups in total. The van der Waals surface area contributed by atoms with Crippen LogP contribution in [-0.4, -0.2) is 0 Å². The van der Waals surface area contributed by atoms with Crippen molar-refractivity contribution in [2.45, 2.75) is 123 Å². The fourth-order valence-corrected chi connectivity index (χ4v) is 5.93. The van der Waals surface area contributed by atoms with Gasteiger partial charge < -0.3 is 0 Å². The Labute approximate surface area is 201 Å². The van der Waals surface area contributed by atoms with E-state index in [1.54, 1.807) is 17.7 Å². The van der Waals surface area contributed by atoms with Crippen LogP contribution < -0.4 is 0 Å². The number of unbranched alkanes of at least 4 members (excludes halogenated alkanes) is 7. The molecule has 0 saturated heterocycles. The second kappa shape index (κ2) is 14.1. The van der Waals surface area contributed by atoms with Gasteiger partial charge in [-0.25, -0.2) is 8.78 Å². The van der Waals surface area contributed by atoms with E-state index < -0.39 is 0 Å². The molecule has 2 aliphatic carbocycles. The van der Waals surface area contributed by atoms with Gasteiger partial charge in [-0.05, 0) is 86.5 Å². The minimum atomic E-state index is -0.363. The SMILES string of the molecule is CCCCCCCCCCc1c(F)cc(C2=CC=C(C3CCC(CCC)CC3)CC2)cc1F. The maximum Gasteiger partial charge on any atom is 0.129 e. The van der Waals surface area contributed by atoms with E-state index in [2.05, 4.69) is 26.0 Å². The fourth-order valence-electron chi connectivity index (χ4n) is 5.93. The van der Waals surface area contributed by atoms with Gasteiger partial charge in [-0.1, -0.05) is 89.4 Å². The summed E-state index contributed by atoms with van der Waals surface area (Å²) in [7, 11) is 0. The fraction of sp³-hybridized carbons (Fsp3) is 0.677. The molecule has 33 heavy (non-hydrogen) atoms. The highest BCUT2D eigenvalue weighted by atomic mass is 19.1. The van der Waals surface area contributed by atoms with E-state index >= 15 is 0 Å². The van der Waals surface area contributed by atoms with Crippen LogP contribution in [0.3, 0.4) is 0 Å². The third-order valence-corrected chi connectivity index (χ3v) is 8.04. The van der Waals surface area contributed by atoms with Gasteiger partial charge in [0.2, 0.25) is 0 Å². The first-order valence-electron chi connectivity index (χ1n) is 14.0. The van der Waals surface area contributed by atoms with Crippen molar-refractivity contribution >= 4 is 5.57 Å². The first-order valence-corrected chi connectivity index (χ1v) is 14.0. The van der Waals surface area contributed by atoms with Crippen LogP contribution >= 0.6 is 0 Å². The van der Waals surface area contributed by atoms with Crippen LogP contribution in [0.1, 0.15) is 128 Å². The van der Waals surface area contributed by atoms with Crippen molar-refractivity contribution in [1.82, 2.24) is 0 Å². The molecule has 0 aromatic heterocycles. The van der Waals surface area contributed by atoms with Crippen LogP contribution in [0.4, 0.5) is 8.78 Å². The topological polar surface area (TPSA) is 0 Å². The van der Waals surface area contributed by atoms with Crippen molar-refractivity contribution in [2.24, 2.45) is 11.8 Å². The highest BCUT2D eigenvalue weighted by Crippen LogP contribution is 2.39. The predicted octanol–water partition coefficient (Wildman–Crippen LogP) is 10.4. The Hall–Kier alpha value is -1.44. The number of halogens is 2. The molecule has 2 aliphatic rings. The molecule has 0 heterocycles. The van der Waals surface area contributed by atoms with Gasteiger partial charge in [-0.2, -0.15) is 0 Å². The summed E-state index contributed by atoms with van der Waals surface area (Å²) in [6, 6.07) is 3.15. The molecule has 0 amide bonds. The van der Waals surface area contributed by atoms with E-state index in [1.807, 2.05) is 0 Å². The molecule has 2 heteroatoms. The molecule has 1 saturated carbocycles. The van der Waals surface area contributed by atoms with Crippen LogP contribution in [0, 0.1) is 23.5 Å². The van der Waals surface area contributed by atoms with E-state index in [9.17, 15) is 8.78 Å². The van der Waals surface area contributed by atoms with Gasteiger partial charge in [-0.3, -0.25) is 0 Å². The number of hydrogen-bond acceptors (Lipinski definition) is 0. The van der Waals surface area contributed by atoms with Crippen molar-refractivity contribution in [2.75, 3.05) is 0 Å². The van der Waals surface area contributed by atoms with E-state index in [4.69, 9.17) is 0 Å². The Kier molecular flexibility index (Phi) is 11.2. The zero-order valence-corrected chi connectivity index (χ0v) is 21.2. The number of hydrogen-bond donors (Lipinski definition) is 0. The molecular weight excluding hydrogens is 410 g/mol. The lowest BCUT2D eigenvalue weighted by molar-refractivity contribution is 0.283. The second-order valence-electron chi connectivity index (χ2n) is 10.6. The Morgan fingerprint density at radius 2 is 1.36 bits per heavy atom. The largest absolute Gasteiger partial charge is 0.207 e. The Bertz CT molecular complexity index is 757. The first-order chi connectivity index (χ1) is 16.1. The first kappa shape index (κ1) is 26.2. The lowest BCUT2D eigenvalue weighted by atomic mass is 9.74. The lowest BCUT2D eigenvalue weighted by Gasteiger charge is -2.31. The van der Waals surface area contributed by atoms with Crippen molar-refractivity contribution in [1.29, 1.82) is 0 Å². The summed E-state index contributed by atoms with van der Waals surface area (Å²) in [4.78, 5) is 0. The van der Waals surface area contributed by atoms with Crippen molar-refractivity contribution in [3.8, 4) is 0 Å². The third-order valence-electron chi connectivity index (χ3n) is 8.04. The van der Waals surface area contributed by atoms with Crippen LogP contribution in [0.15, 0.2) is 29.9 Å². The molecule has 0 spiro atoms. The summed E-state index contributed by atoms with van der Waals surface area (Å²) in [6.45, 7) is 4.52. The van der Waals surface area contributed by atoms with Gasteiger partial charge in [0.25, 0.3) is 0 Å². The molecule has 0 radical (unpaired) electrons. The Morgan fingerprint density at radius 3 is 1.94 bits per heavy atom. The summed E-state index contributed by atoms with van der Waals surface area (Å²) < 4.78 is 29.5. The van der Waals surface area contributed by atoms with Crippen molar-refractivity contribution in [3.05, 3.63) is 52.6 Å². The van der Waals surface area contributed by atoms with Crippen LogP contribution in [-0.2, 0) is 6.42 Å². The number of rotatable bonds is 13. The van der Waals surface area contributed by atoms with Crippen molar-refractivity contribution < 1.29 is 8.78 Å². The minimum absolute atomic E-state index is 0.279. The normalized spacial score (nSPS) is 21.1. The zero-order chi connectivity index (χ0) is 23.5. The summed E-state index contributed by atoms with van der Waals surface area (Å²) >= 11 is 0. The van der Waals surface area contributed by atoms with E-state index in [-0.39, 0.29) is 17.2 Å². The molecule has 1 fully saturated rings. The Balaban J connectivity index is 1.50. The van der Waals surface area contributed by atoms with Gasteiger partial charge in [0.1, 0.15) is 11.6 Å². The maximum atomic E-state index is 14.8. The predicted molar refractivity (Wildman–Crippen MR) is 138 cm³/mol. The van der Waals surface area contributed by atoms with Crippen LogP contribution in [0.25, 0.3) is 5.57 Å². The van der Waals surface area contributed by atoms with Gasteiger partial charge in [0.15, 0.2) is 0 Å². The Morgan fingerprint density at radius 1 is 0.727 bits per heavy atom. The number of allylic oxidation sites excluding steroid dienone is 4. The molecule has 1 aromatic rings. The van der Waals surface area contributed by atoms with E-state index in [0.29, 0.717) is 6.42 Å².